The molecule has 1 amide bonds. The molecule has 0 aliphatic rings. The fraction of sp³-hybridized carbons (Fsp3) is 0.0833. The van der Waals surface area contributed by atoms with Gasteiger partial charge in [0.2, 0.25) is 0 Å². The van der Waals surface area contributed by atoms with E-state index in [0.717, 1.165) is 5.56 Å². The van der Waals surface area contributed by atoms with Gasteiger partial charge in [-0.2, -0.15) is 5.26 Å². The third-order valence-electron chi connectivity index (χ3n) is 4.25. The lowest BCUT2D eigenvalue weighted by molar-refractivity contribution is -0.112. The molecule has 3 rings (SSSR count). The zero-order valence-electron chi connectivity index (χ0n) is 16.6. The van der Waals surface area contributed by atoms with Crippen molar-refractivity contribution < 1.29 is 14.3 Å². The Morgan fingerprint density at radius 3 is 2.45 bits per heavy atom. The number of nitriles is 1. The maximum atomic E-state index is 12.6. The number of hydrogen-bond acceptors (Lipinski definition) is 4. The monoisotopic (exact) mass is 452 g/mol. The number of methoxy groups -OCH3 is 1. The van der Waals surface area contributed by atoms with Crippen molar-refractivity contribution >= 4 is 40.9 Å². The minimum absolute atomic E-state index is 0.0964. The number of ether oxygens (including phenoxy) is 2. The average Bonchev–Trinajstić information content (AvgIpc) is 2.76. The molecule has 31 heavy (non-hydrogen) atoms. The zero-order valence-corrected chi connectivity index (χ0v) is 18.1. The molecular formula is C24H18Cl2N2O3. The standard InChI is InChI=1S/C24H18Cl2N2O3/c1-30-22-10-3-6-17(23(22)31-15-16-5-2-7-19(25)11-16)12-18(14-27)24(29)28-21-9-4-8-20(26)13-21/h2-13H,15H2,1H3,(H,28,29)/b18-12+. The van der Waals surface area contributed by atoms with Gasteiger partial charge in [0.15, 0.2) is 11.5 Å². The van der Waals surface area contributed by atoms with Gasteiger partial charge in [-0.15, -0.1) is 0 Å². The number of anilines is 1. The quantitative estimate of drug-likeness (QED) is 0.345. The smallest absolute Gasteiger partial charge is 0.266 e. The molecular weight excluding hydrogens is 435 g/mol. The van der Waals surface area contributed by atoms with Gasteiger partial charge < -0.3 is 14.8 Å². The number of rotatable bonds is 7. The number of benzene rings is 3. The predicted molar refractivity (Wildman–Crippen MR) is 122 cm³/mol. The molecule has 0 spiro atoms. The van der Waals surface area contributed by atoms with Crippen molar-refractivity contribution in [3.63, 3.8) is 0 Å². The van der Waals surface area contributed by atoms with Gasteiger partial charge in [-0.25, -0.2) is 0 Å². The summed E-state index contributed by atoms with van der Waals surface area (Å²) in [5.74, 6) is 0.324. The highest BCUT2D eigenvalue weighted by molar-refractivity contribution is 6.31. The van der Waals surface area contributed by atoms with Crippen molar-refractivity contribution in [2.24, 2.45) is 0 Å². The van der Waals surface area contributed by atoms with Gasteiger partial charge in [0.1, 0.15) is 18.2 Å². The van der Waals surface area contributed by atoms with Crippen LogP contribution in [0.2, 0.25) is 10.0 Å². The topological polar surface area (TPSA) is 71.3 Å². The van der Waals surface area contributed by atoms with E-state index in [2.05, 4.69) is 5.32 Å². The summed E-state index contributed by atoms with van der Waals surface area (Å²) in [4.78, 5) is 12.6. The van der Waals surface area contributed by atoms with Crippen molar-refractivity contribution in [3.8, 4) is 17.6 Å². The molecule has 0 heterocycles. The lowest BCUT2D eigenvalue weighted by Gasteiger charge is -2.14. The van der Waals surface area contributed by atoms with Crippen LogP contribution >= 0.6 is 23.2 Å². The Kier molecular flexibility index (Phi) is 7.55. The second-order valence-electron chi connectivity index (χ2n) is 6.43. The van der Waals surface area contributed by atoms with E-state index < -0.39 is 5.91 Å². The summed E-state index contributed by atoms with van der Waals surface area (Å²) in [6.45, 7) is 0.234. The maximum Gasteiger partial charge on any atom is 0.266 e. The molecule has 156 valence electrons. The van der Waals surface area contributed by atoms with Gasteiger partial charge in [0.25, 0.3) is 5.91 Å². The highest BCUT2D eigenvalue weighted by atomic mass is 35.5. The summed E-state index contributed by atoms with van der Waals surface area (Å²) in [6, 6.07) is 21.1. The third kappa shape index (κ3) is 6.02. The van der Waals surface area contributed by atoms with E-state index in [1.165, 1.54) is 13.2 Å². The molecule has 7 heteroatoms. The third-order valence-corrected chi connectivity index (χ3v) is 4.72. The Bertz CT molecular complexity index is 1170. The van der Waals surface area contributed by atoms with E-state index in [0.29, 0.717) is 32.8 Å². The zero-order chi connectivity index (χ0) is 22.2. The number of nitrogens with one attached hydrogen (secondary N) is 1. The molecule has 0 aromatic heterocycles. The van der Waals surface area contributed by atoms with Crippen LogP contribution in [0.4, 0.5) is 5.69 Å². The summed E-state index contributed by atoms with van der Waals surface area (Å²) in [5, 5.41) is 13.3. The fourth-order valence-electron chi connectivity index (χ4n) is 2.81. The summed E-state index contributed by atoms with van der Waals surface area (Å²) in [5.41, 5.74) is 1.79. The van der Waals surface area contributed by atoms with Gasteiger partial charge in [-0.3, -0.25) is 4.79 Å². The lowest BCUT2D eigenvalue weighted by Crippen LogP contribution is -2.13. The summed E-state index contributed by atoms with van der Waals surface area (Å²) >= 11 is 12.0. The summed E-state index contributed by atoms with van der Waals surface area (Å²) < 4.78 is 11.4. The number of carbonyl (C=O) groups is 1. The van der Waals surface area contributed by atoms with Crippen LogP contribution in [0.15, 0.2) is 72.3 Å². The van der Waals surface area contributed by atoms with Crippen LogP contribution in [-0.2, 0) is 11.4 Å². The minimum Gasteiger partial charge on any atom is -0.493 e. The Labute approximate surface area is 190 Å². The molecule has 3 aromatic carbocycles. The van der Waals surface area contributed by atoms with Gasteiger partial charge in [-0.1, -0.05) is 53.5 Å². The van der Waals surface area contributed by atoms with Gasteiger partial charge in [-0.05, 0) is 48.0 Å². The van der Waals surface area contributed by atoms with Crippen molar-refractivity contribution in [3.05, 3.63) is 93.5 Å². The first-order chi connectivity index (χ1) is 15.0. The molecule has 0 saturated carbocycles. The van der Waals surface area contributed by atoms with Gasteiger partial charge in [0, 0.05) is 21.3 Å². The molecule has 3 aromatic rings. The minimum atomic E-state index is -0.562. The van der Waals surface area contributed by atoms with E-state index >= 15 is 0 Å². The number of halogens is 2. The molecule has 0 bridgehead atoms. The Balaban J connectivity index is 1.88. The van der Waals surface area contributed by atoms with E-state index in [1.54, 1.807) is 54.6 Å². The normalized spacial score (nSPS) is 10.8. The predicted octanol–water partition coefficient (Wildman–Crippen LogP) is 6.13. The molecule has 0 radical (unpaired) electrons. The Morgan fingerprint density at radius 2 is 1.77 bits per heavy atom. The maximum absolute atomic E-state index is 12.6. The van der Waals surface area contributed by atoms with Crippen LogP contribution in [0.3, 0.4) is 0 Å². The first-order valence-electron chi connectivity index (χ1n) is 9.23. The van der Waals surface area contributed by atoms with Crippen molar-refractivity contribution in [1.29, 1.82) is 5.26 Å². The van der Waals surface area contributed by atoms with Gasteiger partial charge >= 0.3 is 0 Å². The van der Waals surface area contributed by atoms with Crippen molar-refractivity contribution in [2.75, 3.05) is 12.4 Å². The number of hydrogen-bond donors (Lipinski definition) is 1. The highest BCUT2D eigenvalue weighted by Gasteiger charge is 2.14. The average molecular weight is 453 g/mol. The molecule has 1 N–H and O–H groups in total. The van der Waals surface area contributed by atoms with Crippen LogP contribution in [-0.4, -0.2) is 13.0 Å². The van der Waals surface area contributed by atoms with Crippen LogP contribution in [0, 0.1) is 11.3 Å². The SMILES string of the molecule is COc1cccc(/C=C(\C#N)C(=O)Nc2cccc(Cl)c2)c1OCc1cccc(Cl)c1. The second kappa shape index (κ2) is 10.5. The van der Waals surface area contributed by atoms with E-state index in [-0.39, 0.29) is 12.2 Å². The molecule has 0 aliphatic heterocycles. The Morgan fingerprint density at radius 1 is 1.06 bits per heavy atom. The second-order valence-corrected chi connectivity index (χ2v) is 7.30. The fourth-order valence-corrected chi connectivity index (χ4v) is 3.22. The first kappa shape index (κ1) is 22.2. The molecule has 0 saturated heterocycles. The van der Waals surface area contributed by atoms with E-state index in [1.807, 2.05) is 18.2 Å². The largest absolute Gasteiger partial charge is 0.493 e. The summed E-state index contributed by atoms with van der Waals surface area (Å²) in [6.07, 6.45) is 1.45. The van der Waals surface area contributed by atoms with Crippen LogP contribution in [0.25, 0.3) is 6.08 Å². The van der Waals surface area contributed by atoms with E-state index in [9.17, 15) is 10.1 Å². The molecule has 0 fully saturated rings. The molecule has 5 nitrogen and oxygen atoms in total. The van der Waals surface area contributed by atoms with E-state index in [4.69, 9.17) is 32.7 Å². The van der Waals surface area contributed by atoms with Crippen LogP contribution in [0.1, 0.15) is 11.1 Å². The van der Waals surface area contributed by atoms with Crippen molar-refractivity contribution in [1.82, 2.24) is 0 Å². The molecule has 0 unspecified atom stereocenters. The van der Waals surface area contributed by atoms with Crippen LogP contribution < -0.4 is 14.8 Å². The lowest BCUT2D eigenvalue weighted by atomic mass is 10.1. The Hall–Kier alpha value is -3.46. The first-order valence-corrected chi connectivity index (χ1v) is 9.98. The van der Waals surface area contributed by atoms with Crippen molar-refractivity contribution in [2.45, 2.75) is 6.61 Å². The number of nitrogens with zero attached hydrogens (tertiary/aromatic N) is 1. The molecule has 0 aliphatic carbocycles. The van der Waals surface area contributed by atoms with Crippen LogP contribution in [0.5, 0.6) is 11.5 Å². The van der Waals surface area contributed by atoms with Gasteiger partial charge in [0.05, 0.1) is 7.11 Å². The summed E-state index contributed by atoms with van der Waals surface area (Å²) in [7, 11) is 1.52. The number of carbonyl (C=O) groups excluding carboxylic acids is 1. The number of amides is 1. The molecule has 0 atom stereocenters. The number of para-hydroxylation sites is 1. The highest BCUT2D eigenvalue weighted by Crippen LogP contribution is 2.33.